The zero-order valence-corrected chi connectivity index (χ0v) is 8.81. The summed E-state index contributed by atoms with van der Waals surface area (Å²) in [7, 11) is 3.60. The SMILES string of the molecule is CNCc1c(Br)cccc1OC. The molecule has 66 valence electrons. The molecule has 0 spiro atoms. The van der Waals surface area contributed by atoms with Gasteiger partial charge in [0, 0.05) is 16.6 Å². The Morgan fingerprint density at radius 1 is 1.50 bits per heavy atom. The van der Waals surface area contributed by atoms with Gasteiger partial charge in [-0.1, -0.05) is 22.0 Å². The molecular formula is C9H12BrNO. The van der Waals surface area contributed by atoms with E-state index in [2.05, 4.69) is 21.2 Å². The zero-order valence-electron chi connectivity index (χ0n) is 7.23. The summed E-state index contributed by atoms with van der Waals surface area (Å²) in [5.74, 6) is 0.915. The average Bonchev–Trinajstić information content (AvgIpc) is 2.09. The van der Waals surface area contributed by atoms with Crippen LogP contribution in [0.2, 0.25) is 0 Å². The number of methoxy groups -OCH3 is 1. The van der Waals surface area contributed by atoms with Crippen LogP contribution in [0, 0.1) is 0 Å². The van der Waals surface area contributed by atoms with Crippen molar-refractivity contribution in [3.8, 4) is 5.75 Å². The largest absolute Gasteiger partial charge is 0.496 e. The van der Waals surface area contributed by atoms with E-state index in [1.165, 1.54) is 0 Å². The molecule has 0 bridgehead atoms. The molecular weight excluding hydrogens is 218 g/mol. The second kappa shape index (κ2) is 4.48. The van der Waals surface area contributed by atoms with Gasteiger partial charge in [-0.05, 0) is 19.2 Å². The molecule has 0 heterocycles. The summed E-state index contributed by atoms with van der Waals surface area (Å²) < 4.78 is 6.29. The Labute approximate surface area is 81.1 Å². The van der Waals surface area contributed by atoms with Crippen molar-refractivity contribution in [1.29, 1.82) is 0 Å². The molecule has 0 aliphatic heterocycles. The fourth-order valence-corrected chi connectivity index (χ4v) is 1.57. The van der Waals surface area contributed by atoms with Gasteiger partial charge in [-0.3, -0.25) is 0 Å². The van der Waals surface area contributed by atoms with Gasteiger partial charge >= 0.3 is 0 Å². The van der Waals surface area contributed by atoms with E-state index in [1.807, 2.05) is 25.2 Å². The summed E-state index contributed by atoms with van der Waals surface area (Å²) in [6.45, 7) is 0.810. The molecule has 0 saturated carbocycles. The molecule has 0 radical (unpaired) electrons. The Kier molecular flexibility index (Phi) is 3.56. The molecule has 0 atom stereocenters. The van der Waals surface area contributed by atoms with E-state index in [0.29, 0.717) is 0 Å². The van der Waals surface area contributed by atoms with Crippen molar-refractivity contribution in [2.75, 3.05) is 14.2 Å². The van der Waals surface area contributed by atoms with Gasteiger partial charge in [0.1, 0.15) is 5.75 Å². The number of halogens is 1. The second-order valence-corrected chi connectivity index (χ2v) is 3.31. The summed E-state index contributed by atoms with van der Waals surface area (Å²) in [5.41, 5.74) is 1.16. The number of hydrogen-bond donors (Lipinski definition) is 1. The third kappa shape index (κ3) is 1.99. The summed E-state index contributed by atoms with van der Waals surface area (Å²) in [4.78, 5) is 0. The minimum Gasteiger partial charge on any atom is -0.496 e. The first-order valence-corrected chi connectivity index (χ1v) is 4.55. The molecule has 0 aromatic heterocycles. The normalized spacial score (nSPS) is 9.92. The summed E-state index contributed by atoms with van der Waals surface area (Å²) in [6, 6.07) is 5.93. The van der Waals surface area contributed by atoms with E-state index in [9.17, 15) is 0 Å². The number of rotatable bonds is 3. The highest BCUT2D eigenvalue weighted by molar-refractivity contribution is 9.10. The molecule has 1 rings (SSSR count). The van der Waals surface area contributed by atoms with Crippen LogP contribution in [0.5, 0.6) is 5.75 Å². The molecule has 3 heteroatoms. The van der Waals surface area contributed by atoms with Crippen LogP contribution in [-0.4, -0.2) is 14.2 Å². The molecule has 0 amide bonds. The highest BCUT2D eigenvalue weighted by Gasteiger charge is 2.04. The number of hydrogen-bond acceptors (Lipinski definition) is 2. The van der Waals surface area contributed by atoms with Crippen LogP contribution in [0.25, 0.3) is 0 Å². The lowest BCUT2D eigenvalue weighted by atomic mass is 10.2. The lowest BCUT2D eigenvalue weighted by molar-refractivity contribution is 0.408. The van der Waals surface area contributed by atoms with Gasteiger partial charge in [0.05, 0.1) is 7.11 Å². The maximum absolute atomic E-state index is 5.21. The van der Waals surface area contributed by atoms with E-state index in [1.54, 1.807) is 7.11 Å². The lowest BCUT2D eigenvalue weighted by Gasteiger charge is -2.09. The van der Waals surface area contributed by atoms with Crippen molar-refractivity contribution in [2.24, 2.45) is 0 Å². The smallest absolute Gasteiger partial charge is 0.124 e. The number of benzene rings is 1. The van der Waals surface area contributed by atoms with Gasteiger partial charge in [-0.15, -0.1) is 0 Å². The zero-order chi connectivity index (χ0) is 8.97. The van der Waals surface area contributed by atoms with Gasteiger partial charge in [-0.2, -0.15) is 0 Å². The first-order valence-electron chi connectivity index (χ1n) is 3.75. The van der Waals surface area contributed by atoms with Crippen LogP contribution in [-0.2, 0) is 6.54 Å². The molecule has 1 aromatic rings. The standard InChI is InChI=1S/C9H12BrNO/c1-11-6-7-8(10)4-3-5-9(7)12-2/h3-5,11H,6H2,1-2H3. The maximum Gasteiger partial charge on any atom is 0.124 e. The molecule has 1 aromatic carbocycles. The third-order valence-corrected chi connectivity index (χ3v) is 2.39. The molecule has 0 aliphatic rings. The van der Waals surface area contributed by atoms with Gasteiger partial charge in [0.15, 0.2) is 0 Å². The van der Waals surface area contributed by atoms with Crippen molar-refractivity contribution in [3.05, 3.63) is 28.2 Å². The predicted octanol–water partition coefficient (Wildman–Crippen LogP) is 2.18. The highest BCUT2D eigenvalue weighted by atomic mass is 79.9. The Morgan fingerprint density at radius 3 is 2.83 bits per heavy atom. The summed E-state index contributed by atoms with van der Waals surface area (Å²) in [6.07, 6.45) is 0. The van der Waals surface area contributed by atoms with E-state index in [4.69, 9.17) is 4.74 Å². The van der Waals surface area contributed by atoms with Crippen LogP contribution in [0.4, 0.5) is 0 Å². The summed E-state index contributed by atoms with van der Waals surface area (Å²) >= 11 is 3.47. The highest BCUT2D eigenvalue weighted by Crippen LogP contribution is 2.25. The van der Waals surface area contributed by atoms with Crippen LogP contribution < -0.4 is 10.1 Å². The van der Waals surface area contributed by atoms with Crippen molar-refractivity contribution >= 4 is 15.9 Å². The van der Waals surface area contributed by atoms with Crippen LogP contribution >= 0.6 is 15.9 Å². The van der Waals surface area contributed by atoms with Crippen molar-refractivity contribution < 1.29 is 4.74 Å². The first-order chi connectivity index (χ1) is 5.79. The van der Waals surface area contributed by atoms with E-state index in [0.717, 1.165) is 22.3 Å². The minimum absolute atomic E-state index is 0.810. The molecule has 0 fully saturated rings. The fraction of sp³-hybridized carbons (Fsp3) is 0.333. The van der Waals surface area contributed by atoms with Crippen molar-refractivity contribution in [1.82, 2.24) is 5.32 Å². The predicted molar refractivity (Wildman–Crippen MR) is 53.5 cm³/mol. The monoisotopic (exact) mass is 229 g/mol. The molecule has 0 saturated heterocycles. The first kappa shape index (κ1) is 9.55. The summed E-state index contributed by atoms with van der Waals surface area (Å²) in [5, 5.41) is 3.09. The topological polar surface area (TPSA) is 21.3 Å². The van der Waals surface area contributed by atoms with Crippen LogP contribution in [0.3, 0.4) is 0 Å². The van der Waals surface area contributed by atoms with Crippen LogP contribution in [0.1, 0.15) is 5.56 Å². The fourth-order valence-electron chi connectivity index (χ4n) is 1.08. The van der Waals surface area contributed by atoms with Gasteiger partial charge in [-0.25, -0.2) is 0 Å². The van der Waals surface area contributed by atoms with Crippen LogP contribution in [0.15, 0.2) is 22.7 Å². The van der Waals surface area contributed by atoms with Gasteiger partial charge < -0.3 is 10.1 Å². The maximum atomic E-state index is 5.21. The third-order valence-electron chi connectivity index (χ3n) is 1.65. The quantitative estimate of drug-likeness (QED) is 0.859. The van der Waals surface area contributed by atoms with Gasteiger partial charge in [0.25, 0.3) is 0 Å². The number of ether oxygens (including phenoxy) is 1. The van der Waals surface area contributed by atoms with E-state index < -0.39 is 0 Å². The lowest BCUT2D eigenvalue weighted by Crippen LogP contribution is -2.07. The molecule has 1 N–H and O–H groups in total. The minimum atomic E-state index is 0.810. The Morgan fingerprint density at radius 2 is 2.25 bits per heavy atom. The second-order valence-electron chi connectivity index (χ2n) is 2.45. The Bertz CT molecular complexity index is 263. The Balaban J connectivity index is 3.02. The van der Waals surface area contributed by atoms with E-state index in [-0.39, 0.29) is 0 Å². The van der Waals surface area contributed by atoms with Crippen molar-refractivity contribution in [3.63, 3.8) is 0 Å². The van der Waals surface area contributed by atoms with E-state index >= 15 is 0 Å². The molecule has 2 nitrogen and oxygen atoms in total. The average molecular weight is 230 g/mol. The number of nitrogens with one attached hydrogen (secondary N) is 1. The van der Waals surface area contributed by atoms with Gasteiger partial charge in [0.2, 0.25) is 0 Å². The molecule has 12 heavy (non-hydrogen) atoms. The molecule has 0 aliphatic carbocycles. The van der Waals surface area contributed by atoms with Crippen molar-refractivity contribution in [2.45, 2.75) is 6.54 Å². The Hall–Kier alpha value is -0.540. The molecule has 0 unspecified atom stereocenters.